The first kappa shape index (κ1) is 17.7. The van der Waals surface area contributed by atoms with E-state index in [4.69, 9.17) is 9.16 Å². The second kappa shape index (κ2) is 5.76. The first-order valence-electron chi connectivity index (χ1n) is 7.71. The zero-order valence-electron chi connectivity index (χ0n) is 14.9. The molecule has 1 aromatic carbocycles. The third kappa shape index (κ3) is 3.33. The van der Waals surface area contributed by atoms with Crippen LogP contribution in [0.1, 0.15) is 38.1 Å². The molecule has 23 heavy (non-hydrogen) atoms. The molecule has 0 aromatic heterocycles. The number of amides is 1. The summed E-state index contributed by atoms with van der Waals surface area (Å²) in [7, 11) is -0.464. The van der Waals surface area contributed by atoms with E-state index in [0.29, 0.717) is 17.0 Å². The van der Waals surface area contributed by atoms with Crippen molar-refractivity contribution in [3.05, 3.63) is 23.8 Å². The van der Waals surface area contributed by atoms with E-state index >= 15 is 0 Å². The molecule has 126 valence electrons. The number of ketones is 1. The maximum absolute atomic E-state index is 12.6. The van der Waals surface area contributed by atoms with Gasteiger partial charge in [0.2, 0.25) is 0 Å². The van der Waals surface area contributed by atoms with Crippen molar-refractivity contribution in [2.45, 2.75) is 52.1 Å². The summed E-state index contributed by atoms with van der Waals surface area (Å²) in [6, 6.07) is 5.10. The maximum atomic E-state index is 12.6. The minimum absolute atomic E-state index is 0.0199. The summed E-state index contributed by atoms with van der Waals surface area (Å²) in [6.07, 6.45) is -0.934. The Bertz CT molecular complexity index is 648. The number of carbonyl (C=O) groups excluding carboxylic acids is 2. The molecular weight excluding hydrogens is 310 g/mol. The van der Waals surface area contributed by atoms with E-state index < -0.39 is 14.6 Å². The van der Waals surface area contributed by atoms with Gasteiger partial charge in [-0.15, -0.1) is 0 Å². The molecule has 0 saturated carbocycles. The highest BCUT2D eigenvalue weighted by Gasteiger charge is 2.44. The van der Waals surface area contributed by atoms with Crippen molar-refractivity contribution in [1.29, 1.82) is 0 Å². The van der Waals surface area contributed by atoms with Gasteiger partial charge in [0, 0.05) is 12.6 Å². The predicted octanol–water partition coefficient (Wildman–Crippen LogP) is 3.59. The summed E-state index contributed by atoms with van der Waals surface area (Å²) in [6.45, 7) is 12.0. The molecule has 1 aliphatic heterocycles. The van der Waals surface area contributed by atoms with E-state index in [2.05, 4.69) is 33.9 Å². The van der Waals surface area contributed by atoms with Crippen molar-refractivity contribution < 1.29 is 18.8 Å². The first-order valence-corrected chi connectivity index (χ1v) is 10.6. The van der Waals surface area contributed by atoms with Crippen LogP contribution in [0.5, 0.6) is 5.75 Å². The van der Waals surface area contributed by atoms with Gasteiger partial charge < -0.3 is 14.1 Å². The van der Waals surface area contributed by atoms with Gasteiger partial charge in [-0.3, -0.25) is 9.59 Å². The number of hydrogen-bond donors (Lipinski definition) is 0. The Balaban J connectivity index is 2.32. The van der Waals surface area contributed by atoms with Gasteiger partial charge >= 0.3 is 0 Å². The number of likely N-dealkylation sites (N-methyl/N-ethyl adjacent to an activating group) is 1. The molecule has 0 N–H and O–H groups in total. The number of benzene rings is 1. The van der Waals surface area contributed by atoms with Gasteiger partial charge in [-0.1, -0.05) is 20.8 Å². The highest BCUT2D eigenvalue weighted by Crippen LogP contribution is 2.40. The van der Waals surface area contributed by atoms with Crippen LogP contribution in [0.3, 0.4) is 0 Å². The number of anilines is 1. The molecule has 1 aliphatic rings. The summed E-state index contributed by atoms with van der Waals surface area (Å²) >= 11 is 0. The largest absolute Gasteiger partial charge is 0.454 e. The highest BCUT2D eigenvalue weighted by molar-refractivity contribution is 6.74. The van der Waals surface area contributed by atoms with E-state index in [1.807, 2.05) is 0 Å². The Hall–Kier alpha value is -1.66. The van der Waals surface area contributed by atoms with Crippen molar-refractivity contribution in [3.63, 3.8) is 0 Å². The number of ether oxygens (including phenoxy) is 1. The van der Waals surface area contributed by atoms with Crippen molar-refractivity contribution in [1.82, 2.24) is 0 Å². The second-order valence-corrected chi connectivity index (χ2v) is 12.2. The number of carbonyl (C=O) groups is 2. The number of Topliss-reactive ketones (excluding diaryl/α,β-unsaturated/α-hetero) is 1. The topological polar surface area (TPSA) is 55.8 Å². The fraction of sp³-hybridized carbons (Fsp3) is 0.529. The third-order valence-electron chi connectivity index (χ3n) is 4.70. The third-order valence-corrected chi connectivity index (χ3v) is 9.12. The average Bonchev–Trinajstić information content (AvgIpc) is 2.42. The van der Waals surface area contributed by atoms with E-state index in [9.17, 15) is 9.59 Å². The van der Waals surface area contributed by atoms with Crippen molar-refractivity contribution in [2.24, 2.45) is 0 Å². The number of nitrogens with zero attached hydrogens (tertiary/aromatic N) is 1. The van der Waals surface area contributed by atoms with E-state index in [1.165, 1.54) is 11.8 Å². The Morgan fingerprint density at radius 1 is 1.30 bits per heavy atom. The smallest absolute Gasteiger partial charge is 0.295 e. The molecule has 1 atom stereocenters. The fourth-order valence-corrected chi connectivity index (χ4v) is 3.10. The lowest BCUT2D eigenvalue weighted by Gasteiger charge is -2.41. The molecule has 1 amide bonds. The van der Waals surface area contributed by atoms with E-state index in [1.54, 1.807) is 25.2 Å². The summed E-state index contributed by atoms with van der Waals surface area (Å²) < 4.78 is 11.9. The lowest BCUT2D eigenvalue weighted by molar-refractivity contribution is -0.140. The van der Waals surface area contributed by atoms with Crippen LogP contribution in [0.4, 0.5) is 5.69 Å². The normalized spacial score (nSPS) is 18.5. The summed E-state index contributed by atoms with van der Waals surface area (Å²) in [5.74, 6) is 0.261. The molecule has 0 radical (unpaired) electrons. The quantitative estimate of drug-likeness (QED) is 0.626. The van der Waals surface area contributed by atoms with Crippen LogP contribution in [0.25, 0.3) is 0 Å². The number of rotatable bonds is 3. The zero-order valence-corrected chi connectivity index (χ0v) is 15.9. The van der Waals surface area contributed by atoms with Gasteiger partial charge in [0.15, 0.2) is 14.1 Å². The summed E-state index contributed by atoms with van der Waals surface area (Å²) in [4.78, 5) is 25.6. The summed E-state index contributed by atoms with van der Waals surface area (Å²) in [5.41, 5.74) is 1.15. The molecule has 1 unspecified atom stereocenters. The SMILES string of the molecule is CC(=O)c1ccc2c(c1)N(C)C(=O)C(O[Si](C)(C)C(C)(C)C)O2. The van der Waals surface area contributed by atoms with Gasteiger partial charge in [0.25, 0.3) is 12.2 Å². The zero-order chi connectivity index (χ0) is 17.6. The number of hydrogen-bond acceptors (Lipinski definition) is 4. The molecular formula is C17H25NO4Si. The Morgan fingerprint density at radius 2 is 1.91 bits per heavy atom. The van der Waals surface area contributed by atoms with Crippen molar-refractivity contribution in [3.8, 4) is 5.75 Å². The van der Waals surface area contributed by atoms with Gasteiger partial charge in [0.05, 0.1) is 5.69 Å². The first-order chi connectivity index (χ1) is 10.4. The molecule has 0 aliphatic carbocycles. The Labute approximate surface area is 138 Å². The van der Waals surface area contributed by atoms with Crippen LogP contribution in [0.2, 0.25) is 18.1 Å². The summed E-state index contributed by atoms with van der Waals surface area (Å²) in [5, 5.41) is -0.0199. The van der Waals surface area contributed by atoms with Crippen molar-refractivity contribution in [2.75, 3.05) is 11.9 Å². The van der Waals surface area contributed by atoms with Gasteiger partial charge in [-0.05, 0) is 43.3 Å². The van der Waals surface area contributed by atoms with Crippen molar-refractivity contribution >= 4 is 25.7 Å². The predicted molar refractivity (Wildman–Crippen MR) is 92.6 cm³/mol. The van der Waals surface area contributed by atoms with Gasteiger partial charge in [-0.25, -0.2) is 0 Å². The van der Waals surface area contributed by atoms with Crippen LogP contribution >= 0.6 is 0 Å². The highest BCUT2D eigenvalue weighted by atomic mass is 28.4. The van der Waals surface area contributed by atoms with E-state index in [-0.39, 0.29) is 16.7 Å². The minimum atomic E-state index is -2.14. The second-order valence-electron chi connectivity index (χ2n) is 7.46. The molecule has 1 aromatic rings. The van der Waals surface area contributed by atoms with Gasteiger partial charge in [-0.2, -0.15) is 0 Å². The lowest BCUT2D eigenvalue weighted by Crippen LogP contribution is -2.53. The van der Waals surface area contributed by atoms with Crippen LogP contribution in [0, 0.1) is 0 Å². The molecule has 0 bridgehead atoms. The van der Waals surface area contributed by atoms with Crippen LogP contribution in [0.15, 0.2) is 18.2 Å². The van der Waals surface area contributed by atoms with Crippen LogP contribution in [-0.2, 0) is 9.22 Å². The van der Waals surface area contributed by atoms with Gasteiger partial charge in [0.1, 0.15) is 5.75 Å². The van der Waals surface area contributed by atoms with Crippen LogP contribution < -0.4 is 9.64 Å². The fourth-order valence-electron chi connectivity index (χ4n) is 2.06. The molecule has 0 spiro atoms. The Morgan fingerprint density at radius 3 is 2.43 bits per heavy atom. The Kier molecular flexibility index (Phi) is 4.43. The molecule has 1 heterocycles. The average molecular weight is 335 g/mol. The molecule has 5 nitrogen and oxygen atoms in total. The lowest BCUT2D eigenvalue weighted by atomic mass is 10.1. The molecule has 0 saturated heterocycles. The minimum Gasteiger partial charge on any atom is -0.454 e. The molecule has 2 rings (SSSR count). The van der Waals surface area contributed by atoms with E-state index in [0.717, 1.165) is 0 Å². The number of fused-ring (bicyclic) bond motifs is 1. The monoisotopic (exact) mass is 335 g/mol. The molecule has 0 fully saturated rings. The molecule has 6 heteroatoms. The van der Waals surface area contributed by atoms with Crippen LogP contribution in [-0.4, -0.2) is 33.3 Å². The standard InChI is InChI=1S/C17H25NO4Si/c1-11(19)12-8-9-14-13(10-12)18(5)15(20)16(21-14)22-23(6,7)17(2,3)4/h8-10,16H,1-7H3. The maximum Gasteiger partial charge on any atom is 0.295 e.